The number of anilines is 1. The van der Waals surface area contributed by atoms with Gasteiger partial charge < -0.3 is 24.8 Å². The molecule has 2 saturated heterocycles. The van der Waals surface area contributed by atoms with Crippen molar-refractivity contribution >= 4 is 23.2 Å². The second kappa shape index (κ2) is 8.87. The Labute approximate surface area is 187 Å². The third-order valence-electron chi connectivity index (χ3n) is 6.35. The highest BCUT2D eigenvalue weighted by Crippen LogP contribution is 2.21. The lowest BCUT2D eigenvalue weighted by Gasteiger charge is -2.30. The summed E-state index contributed by atoms with van der Waals surface area (Å²) in [6.45, 7) is 4.93. The van der Waals surface area contributed by atoms with E-state index in [4.69, 9.17) is 14.8 Å². The molecule has 0 aromatic carbocycles. The molecule has 0 unspecified atom stereocenters. The van der Waals surface area contributed by atoms with Crippen LogP contribution in [0.25, 0.3) is 5.65 Å². The first-order valence-corrected chi connectivity index (χ1v) is 11.3. The zero-order valence-electron chi connectivity index (χ0n) is 18.7. The number of aliphatic imine (C=N–C) groups is 1. The SMILES string of the molecule is CN(C)[C@H]1CCN(c2ccc3ncc(C(=O)NC4=NC(N5CCOCC5)=CCC4)n3n2)C1. The summed E-state index contributed by atoms with van der Waals surface area (Å²) in [5.74, 6) is 2.22. The van der Waals surface area contributed by atoms with E-state index in [0.717, 1.165) is 50.7 Å². The maximum atomic E-state index is 13.1. The first-order valence-electron chi connectivity index (χ1n) is 11.3. The quantitative estimate of drug-likeness (QED) is 0.761. The highest BCUT2D eigenvalue weighted by molar-refractivity contribution is 6.06. The molecular formula is C22H30N8O2. The molecule has 2 fully saturated rings. The minimum Gasteiger partial charge on any atom is -0.378 e. The van der Waals surface area contributed by atoms with Crippen LogP contribution < -0.4 is 10.2 Å². The number of nitrogens with one attached hydrogen (secondary N) is 1. The number of likely N-dealkylation sites (N-methyl/N-ethyl adjacent to an activating group) is 1. The molecule has 5 heterocycles. The van der Waals surface area contributed by atoms with E-state index in [1.165, 1.54) is 0 Å². The third kappa shape index (κ3) is 4.20. The number of hydrogen-bond donors (Lipinski definition) is 1. The van der Waals surface area contributed by atoms with E-state index in [1.807, 2.05) is 12.1 Å². The summed E-state index contributed by atoms with van der Waals surface area (Å²) in [5.41, 5.74) is 1.07. The monoisotopic (exact) mass is 438 g/mol. The molecule has 32 heavy (non-hydrogen) atoms. The molecule has 1 atom stereocenters. The Balaban J connectivity index is 1.32. The van der Waals surface area contributed by atoms with E-state index in [9.17, 15) is 4.79 Å². The van der Waals surface area contributed by atoms with Gasteiger partial charge in [0.1, 0.15) is 17.5 Å². The average Bonchev–Trinajstić information content (AvgIpc) is 3.47. The fraction of sp³-hybridized carbons (Fsp3) is 0.545. The number of nitrogens with zero attached hydrogens (tertiary/aromatic N) is 7. The highest BCUT2D eigenvalue weighted by atomic mass is 16.5. The normalized spacial score (nSPS) is 21.8. The van der Waals surface area contributed by atoms with E-state index in [0.29, 0.717) is 42.9 Å². The number of allylic oxidation sites excluding steroid dienone is 1. The molecule has 10 nitrogen and oxygen atoms in total. The number of amidine groups is 1. The number of aromatic nitrogens is 3. The van der Waals surface area contributed by atoms with Crippen LogP contribution in [0.4, 0.5) is 5.82 Å². The van der Waals surface area contributed by atoms with E-state index in [2.05, 4.69) is 45.2 Å². The van der Waals surface area contributed by atoms with E-state index >= 15 is 0 Å². The molecule has 3 aliphatic rings. The zero-order valence-corrected chi connectivity index (χ0v) is 18.7. The van der Waals surface area contributed by atoms with Crippen molar-refractivity contribution in [2.24, 2.45) is 4.99 Å². The lowest BCUT2D eigenvalue weighted by Crippen LogP contribution is -2.38. The zero-order chi connectivity index (χ0) is 22.1. The van der Waals surface area contributed by atoms with Gasteiger partial charge in [-0.15, -0.1) is 5.10 Å². The number of fused-ring (bicyclic) bond motifs is 1. The van der Waals surface area contributed by atoms with Gasteiger partial charge in [-0.1, -0.05) is 0 Å². The predicted octanol–water partition coefficient (Wildman–Crippen LogP) is 0.965. The van der Waals surface area contributed by atoms with Crippen LogP contribution in [0, 0.1) is 0 Å². The predicted molar refractivity (Wildman–Crippen MR) is 122 cm³/mol. The molecule has 5 rings (SSSR count). The van der Waals surface area contributed by atoms with Crippen molar-refractivity contribution in [2.45, 2.75) is 25.3 Å². The van der Waals surface area contributed by atoms with Gasteiger partial charge in [-0.05, 0) is 45.1 Å². The molecule has 1 amide bonds. The number of imidazole rings is 1. The Hall–Kier alpha value is -2.98. The second-order valence-corrected chi connectivity index (χ2v) is 8.67. The van der Waals surface area contributed by atoms with Gasteiger partial charge in [-0.3, -0.25) is 4.79 Å². The lowest BCUT2D eigenvalue weighted by atomic mass is 10.2. The molecule has 170 valence electrons. The smallest absolute Gasteiger partial charge is 0.276 e. The highest BCUT2D eigenvalue weighted by Gasteiger charge is 2.26. The summed E-state index contributed by atoms with van der Waals surface area (Å²) in [6.07, 6.45) is 6.36. The number of carbonyl (C=O) groups excluding carboxylic acids is 1. The van der Waals surface area contributed by atoms with Crippen LogP contribution in [0.15, 0.2) is 35.2 Å². The van der Waals surface area contributed by atoms with Crippen molar-refractivity contribution in [2.75, 3.05) is 58.4 Å². The van der Waals surface area contributed by atoms with Gasteiger partial charge in [0, 0.05) is 38.6 Å². The topological polar surface area (TPSA) is 90.6 Å². The van der Waals surface area contributed by atoms with Crippen LogP contribution in [0.3, 0.4) is 0 Å². The van der Waals surface area contributed by atoms with Crippen LogP contribution in [0.2, 0.25) is 0 Å². The maximum absolute atomic E-state index is 13.1. The third-order valence-corrected chi connectivity index (χ3v) is 6.35. The molecule has 0 aliphatic carbocycles. The number of carbonyl (C=O) groups is 1. The number of ether oxygens (including phenoxy) is 1. The van der Waals surface area contributed by atoms with E-state index in [-0.39, 0.29) is 5.91 Å². The summed E-state index contributed by atoms with van der Waals surface area (Å²) < 4.78 is 7.06. The van der Waals surface area contributed by atoms with Gasteiger partial charge in [0.25, 0.3) is 5.91 Å². The van der Waals surface area contributed by atoms with Crippen molar-refractivity contribution < 1.29 is 9.53 Å². The molecular weight excluding hydrogens is 408 g/mol. The molecule has 3 aliphatic heterocycles. The molecule has 2 aromatic heterocycles. The van der Waals surface area contributed by atoms with Gasteiger partial charge >= 0.3 is 0 Å². The van der Waals surface area contributed by atoms with Crippen molar-refractivity contribution in [3.63, 3.8) is 0 Å². The van der Waals surface area contributed by atoms with Crippen molar-refractivity contribution in [3.05, 3.63) is 35.9 Å². The fourth-order valence-corrected chi connectivity index (χ4v) is 4.41. The summed E-state index contributed by atoms with van der Waals surface area (Å²) in [4.78, 5) is 28.9. The maximum Gasteiger partial charge on any atom is 0.276 e. The summed E-state index contributed by atoms with van der Waals surface area (Å²) in [5, 5.41) is 7.73. The van der Waals surface area contributed by atoms with Crippen LogP contribution in [-0.4, -0.2) is 95.7 Å². The Morgan fingerprint density at radius 3 is 2.81 bits per heavy atom. The van der Waals surface area contributed by atoms with Crippen molar-refractivity contribution in [3.8, 4) is 0 Å². The standard InChI is InChI=1S/C22H30N8O2/c1-27(2)16-8-9-29(15-16)21-7-6-19-23-14-17(30(19)26-21)22(31)25-18-4-3-5-20(24-18)28-10-12-32-13-11-28/h5-7,14,16H,3-4,8-13,15H2,1-2H3,(H,24,25,31)/t16-/m0/s1. The largest absolute Gasteiger partial charge is 0.378 e. The number of morpholine rings is 1. The molecule has 0 spiro atoms. The Bertz CT molecular complexity index is 1050. The van der Waals surface area contributed by atoms with Crippen LogP contribution in [0.5, 0.6) is 0 Å². The molecule has 10 heteroatoms. The van der Waals surface area contributed by atoms with Gasteiger partial charge in [-0.2, -0.15) is 0 Å². The van der Waals surface area contributed by atoms with Crippen LogP contribution in [0.1, 0.15) is 29.8 Å². The van der Waals surface area contributed by atoms with Gasteiger partial charge in [0.15, 0.2) is 11.3 Å². The number of hydrogen-bond acceptors (Lipinski definition) is 8. The second-order valence-electron chi connectivity index (χ2n) is 8.67. The number of amides is 1. The Morgan fingerprint density at radius 2 is 2.03 bits per heavy atom. The molecule has 1 N–H and O–H groups in total. The molecule has 0 bridgehead atoms. The summed E-state index contributed by atoms with van der Waals surface area (Å²) >= 11 is 0. The van der Waals surface area contributed by atoms with E-state index in [1.54, 1.807) is 10.7 Å². The first kappa shape index (κ1) is 20.9. The van der Waals surface area contributed by atoms with Crippen LogP contribution in [-0.2, 0) is 4.74 Å². The lowest BCUT2D eigenvalue weighted by molar-refractivity contribution is 0.0528. The minimum absolute atomic E-state index is 0.239. The number of rotatable bonds is 4. The van der Waals surface area contributed by atoms with Gasteiger partial charge in [-0.25, -0.2) is 14.5 Å². The first-order chi connectivity index (χ1) is 15.6. The molecule has 0 radical (unpaired) electrons. The van der Waals surface area contributed by atoms with Gasteiger partial charge in [0.2, 0.25) is 0 Å². The van der Waals surface area contributed by atoms with Gasteiger partial charge in [0.05, 0.1) is 19.4 Å². The van der Waals surface area contributed by atoms with Crippen LogP contribution >= 0.6 is 0 Å². The molecule has 0 saturated carbocycles. The fourth-order valence-electron chi connectivity index (χ4n) is 4.41. The Morgan fingerprint density at radius 1 is 1.19 bits per heavy atom. The van der Waals surface area contributed by atoms with Crippen molar-refractivity contribution in [1.29, 1.82) is 0 Å². The summed E-state index contributed by atoms with van der Waals surface area (Å²) in [6, 6.07) is 4.41. The minimum atomic E-state index is -0.239. The molecule has 2 aromatic rings. The average molecular weight is 439 g/mol. The summed E-state index contributed by atoms with van der Waals surface area (Å²) in [7, 11) is 4.22. The van der Waals surface area contributed by atoms with E-state index < -0.39 is 0 Å². The van der Waals surface area contributed by atoms with Crippen molar-refractivity contribution in [1.82, 2.24) is 29.7 Å². The Kier molecular flexibility index (Phi) is 5.79.